The summed E-state index contributed by atoms with van der Waals surface area (Å²) >= 11 is 1.21. The monoisotopic (exact) mass is 302 g/mol. The van der Waals surface area contributed by atoms with Gasteiger partial charge in [-0.05, 0) is 13.3 Å². The van der Waals surface area contributed by atoms with E-state index < -0.39 is 10.0 Å². The first kappa shape index (κ1) is 14.0. The Morgan fingerprint density at radius 3 is 2.74 bits per heavy atom. The second-order valence-electron chi connectivity index (χ2n) is 3.80. The number of nitrogens with one attached hydrogen (secondary N) is 1. The van der Waals surface area contributed by atoms with Gasteiger partial charge in [-0.3, -0.25) is 4.72 Å². The number of furan rings is 1. The van der Waals surface area contributed by atoms with E-state index in [9.17, 15) is 8.42 Å². The number of sulfonamides is 1. The second kappa shape index (κ2) is 5.27. The number of aromatic nitrogens is 2. The molecule has 0 aliphatic rings. The second-order valence-corrected chi connectivity index (χ2v) is 6.51. The predicted molar refractivity (Wildman–Crippen MR) is 71.4 cm³/mol. The first-order valence-electron chi connectivity index (χ1n) is 5.61. The van der Waals surface area contributed by atoms with Gasteiger partial charge in [-0.2, -0.15) is 0 Å². The van der Waals surface area contributed by atoms with Crippen LogP contribution in [0.3, 0.4) is 0 Å². The first-order valence-corrected chi connectivity index (χ1v) is 7.90. The number of hydrogen-bond acceptors (Lipinski definition) is 7. The van der Waals surface area contributed by atoms with Crippen molar-refractivity contribution in [2.45, 2.75) is 31.7 Å². The van der Waals surface area contributed by atoms with E-state index in [0.717, 1.165) is 5.01 Å². The molecule has 0 aliphatic heterocycles. The molecule has 0 saturated carbocycles. The normalized spacial score (nSPS) is 11.7. The molecule has 0 atom stereocenters. The van der Waals surface area contributed by atoms with Crippen molar-refractivity contribution in [1.82, 2.24) is 10.2 Å². The van der Waals surface area contributed by atoms with E-state index in [1.54, 1.807) is 6.92 Å². The van der Waals surface area contributed by atoms with Crippen LogP contribution >= 0.6 is 11.3 Å². The van der Waals surface area contributed by atoms with Crippen LogP contribution in [0, 0.1) is 6.92 Å². The lowest BCUT2D eigenvalue weighted by Gasteiger charge is -2.02. The number of hydrogen-bond donors (Lipinski definition) is 2. The molecule has 2 aromatic heterocycles. The van der Waals surface area contributed by atoms with Gasteiger partial charge in [-0.25, -0.2) is 8.42 Å². The fourth-order valence-electron chi connectivity index (χ4n) is 1.50. The summed E-state index contributed by atoms with van der Waals surface area (Å²) in [5, 5.41) is 8.64. The standard InChI is InChI=1S/C10H14N4O3S2/c1-3-9-12-13-10(18-9)14-19(15,16)8-4-7(5-11)17-6(8)2/h4H,3,5,11H2,1-2H3,(H,13,14). The molecule has 0 unspecified atom stereocenters. The zero-order valence-electron chi connectivity index (χ0n) is 10.5. The SMILES string of the molecule is CCc1nnc(NS(=O)(=O)c2cc(CN)oc2C)s1. The summed E-state index contributed by atoms with van der Waals surface area (Å²) in [7, 11) is -3.72. The molecule has 0 amide bonds. The molecule has 3 N–H and O–H groups in total. The van der Waals surface area contributed by atoms with Crippen LogP contribution in [0.5, 0.6) is 0 Å². The Bertz CT molecular complexity index is 675. The molecule has 19 heavy (non-hydrogen) atoms. The van der Waals surface area contributed by atoms with Crippen LogP contribution in [0.2, 0.25) is 0 Å². The van der Waals surface area contributed by atoms with Gasteiger partial charge in [-0.15, -0.1) is 10.2 Å². The molecule has 7 nitrogen and oxygen atoms in total. The molecule has 0 fully saturated rings. The fourth-order valence-corrected chi connectivity index (χ4v) is 3.61. The number of aryl methyl sites for hydroxylation is 2. The van der Waals surface area contributed by atoms with E-state index in [2.05, 4.69) is 14.9 Å². The van der Waals surface area contributed by atoms with E-state index in [-0.39, 0.29) is 16.6 Å². The van der Waals surface area contributed by atoms with Crippen molar-refractivity contribution in [2.75, 3.05) is 4.72 Å². The highest BCUT2D eigenvalue weighted by molar-refractivity contribution is 7.93. The first-order chi connectivity index (χ1) is 8.96. The van der Waals surface area contributed by atoms with Crippen molar-refractivity contribution in [3.63, 3.8) is 0 Å². The highest BCUT2D eigenvalue weighted by atomic mass is 32.2. The van der Waals surface area contributed by atoms with E-state index in [4.69, 9.17) is 10.2 Å². The largest absolute Gasteiger partial charge is 0.464 e. The molecule has 9 heteroatoms. The molecule has 0 aliphatic carbocycles. The highest BCUT2D eigenvalue weighted by Crippen LogP contribution is 2.24. The molecule has 0 bridgehead atoms. The Morgan fingerprint density at radius 2 is 2.21 bits per heavy atom. The van der Waals surface area contributed by atoms with Gasteiger partial charge in [0.25, 0.3) is 10.0 Å². The van der Waals surface area contributed by atoms with E-state index in [1.807, 2.05) is 6.92 Å². The van der Waals surface area contributed by atoms with Gasteiger partial charge in [0.1, 0.15) is 21.4 Å². The van der Waals surface area contributed by atoms with Crippen molar-refractivity contribution in [3.8, 4) is 0 Å². The van der Waals surface area contributed by atoms with Crippen LogP contribution in [-0.4, -0.2) is 18.6 Å². The van der Waals surface area contributed by atoms with Gasteiger partial charge in [0.2, 0.25) is 5.13 Å². The Kier molecular flexibility index (Phi) is 3.88. The summed E-state index contributed by atoms with van der Waals surface area (Å²) in [6, 6.07) is 1.42. The van der Waals surface area contributed by atoms with E-state index in [0.29, 0.717) is 17.9 Å². The van der Waals surface area contributed by atoms with Crippen molar-refractivity contribution in [3.05, 3.63) is 22.6 Å². The van der Waals surface area contributed by atoms with Crippen LogP contribution in [0.4, 0.5) is 5.13 Å². The molecule has 0 saturated heterocycles. The Labute approximate surface area is 114 Å². The zero-order chi connectivity index (χ0) is 14.0. The van der Waals surface area contributed by atoms with Gasteiger partial charge in [0.05, 0.1) is 6.54 Å². The van der Waals surface area contributed by atoms with Crippen LogP contribution in [0.15, 0.2) is 15.4 Å². The summed E-state index contributed by atoms with van der Waals surface area (Å²) in [6.07, 6.45) is 0.710. The minimum absolute atomic E-state index is 0.0706. The lowest BCUT2D eigenvalue weighted by atomic mass is 10.4. The number of nitrogens with zero attached hydrogens (tertiary/aromatic N) is 2. The van der Waals surface area contributed by atoms with Gasteiger partial charge < -0.3 is 10.2 Å². The summed E-state index contributed by atoms with van der Waals surface area (Å²) < 4.78 is 32.0. The molecule has 0 spiro atoms. The van der Waals surface area contributed by atoms with Crippen molar-refractivity contribution >= 4 is 26.5 Å². The van der Waals surface area contributed by atoms with Crippen LogP contribution in [0.1, 0.15) is 23.5 Å². The minimum atomic E-state index is -3.72. The van der Waals surface area contributed by atoms with Crippen molar-refractivity contribution < 1.29 is 12.8 Å². The van der Waals surface area contributed by atoms with Crippen molar-refractivity contribution in [2.24, 2.45) is 5.73 Å². The van der Waals surface area contributed by atoms with Gasteiger partial charge >= 0.3 is 0 Å². The third kappa shape index (κ3) is 2.94. The third-order valence-corrected chi connectivity index (χ3v) is 4.96. The average molecular weight is 302 g/mol. The quantitative estimate of drug-likeness (QED) is 0.860. The van der Waals surface area contributed by atoms with Crippen LogP contribution in [-0.2, 0) is 23.0 Å². The van der Waals surface area contributed by atoms with E-state index in [1.165, 1.54) is 17.4 Å². The maximum absolute atomic E-state index is 12.2. The van der Waals surface area contributed by atoms with Crippen molar-refractivity contribution in [1.29, 1.82) is 0 Å². The van der Waals surface area contributed by atoms with Gasteiger partial charge in [-0.1, -0.05) is 18.3 Å². The summed E-state index contributed by atoms with van der Waals surface area (Å²) in [5.74, 6) is 0.720. The molecular weight excluding hydrogens is 288 g/mol. The smallest absolute Gasteiger partial charge is 0.267 e. The predicted octanol–water partition coefficient (Wildman–Crippen LogP) is 1.26. The molecular formula is C10H14N4O3S2. The van der Waals surface area contributed by atoms with Gasteiger partial charge in [0.15, 0.2) is 0 Å². The Balaban J connectivity index is 2.29. The van der Waals surface area contributed by atoms with E-state index >= 15 is 0 Å². The summed E-state index contributed by atoms with van der Waals surface area (Å²) in [5.41, 5.74) is 5.42. The molecule has 104 valence electrons. The maximum Gasteiger partial charge on any atom is 0.267 e. The highest BCUT2D eigenvalue weighted by Gasteiger charge is 2.22. The summed E-state index contributed by atoms with van der Waals surface area (Å²) in [4.78, 5) is 0.0706. The Hall–Kier alpha value is -1.45. The van der Waals surface area contributed by atoms with Gasteiger partial charge in [0, 0.05) is 6.07 Å². The average Bonchev–Trinajstić information content (AvgIpc) is 2.95. The van der Waals surface area contributed by atoms with Crippen LogP contribution < -0.4 is 10.5 Å². The molecule has 0 radical (unpaired) electrons. The molecule has 2 rings (SSSR count). The lowest BCUT2D eigenvalue weighted by Crippen LogP contribution is -2.13. The maximum atomic E-state index is 12.2. The molecule has 2 aromatic rings. The topological polar surface area (TPSA) is 111 Å². The lowest BCUT2D eigenvalue weighted by molar-refractivity contribution is 0.479. The zero-order valence-corrected chi connectivity index (χ0v) is 12.1. The Morgan fingerprint density at radius 1 is 1.47 bits per heavy atom. The number of rotatable bonds is 5. The molecule has 2 heterocycles. The number of anilines is 1. The number of nitrogens with two attached hydrogens (primary N) is 1. The third-order valence-electron chi connectivity index (χ3n) is 2.40. The summed E-state index contributed by atoms with van der Waals surface area (Å²) in [6.45, 7) is 3.65. The minimum Gasteiger partial charge on any atom is -0.464 e. The fraction of sp³-hybridized carbons (Fsp3) is 0.400. The molecule has 0 aromatic carbocycles. The van der Waals surface area contributed by atoms with Crippen LogP contribution in [0.25, 0.3) is 0 Å².